The molecule has 0 bridgehead atoms. The number of aromatic nitrogens is 1. The van der Waals surface area contributed by atoms with Crippen molar-refractivity contribution in [3.8, 4) is 0 Å². The minimum atomic E-state index is -4.58. The van der Waals surface area contributed by atoms with Crippen LogP contribution < -0.4 is 9.47 Å². The molecular weight excluding hydrogens is 935 g/mol. The van der Waals surface area contributed by atoms with Crippen molar-refractivity contribution in [3.05, 3.63) is 112 Å². The van der Waals surface area contributed by atoms with Gasteiger partial charge in [0, 0.05) is 71.5 Å². The van der Waals surface area contributed by atoms with Gasteiger partial charge in [-0.2, -0.15) is 16.8 Å². The summed E-state index contributed by atoms with van der Waals surface area (Å²) in [7, 11) is -13.3. The Morgan fingerprint density at radius 2 is 1.63 bits per heavy atom. The molecule has 343 valence electrons. The summed E-state index contributed by atoms with van der Waals surface area (Å²) in [5.41, 5.74) is 3.49. The first kappa shape index (κ1) is 51.9. The number of imide groups is 1. The molecule has 3 aliphatic heterocycles. The number of aliphatic imine (C=N–C) groups is 1. The Morgan fingerprint density at radius 3 is 2.28 bits per heavy atom. The van der Waals surface area contributed by atoms with Gasteiger partial charge in [-0.05, 0) is 96.8 Å². The predicted molar refractivity (Wildman–Crippen MR) is 242 cm³/mol. The summed E-state index contributed by atoms with van der Waals surface area (Å²) in [5.74, 6) is -2.52. The molecule has 0 atom stereocenters. The van der Waals surface area contributed by atoms with Crippen LogP contribution in [-0.2, 0) is 73.4 Å². The van der Waals surface area contributed by atoms with Gasteiger partial charge in [0.15, 0.2) is 5.71 Å². The second kappa shape index (κ2) is 20.0. The van der Waals surface area contributed by atoms with Gasteiger partial charge in [0.05, 0.1) is 49.7 Å². The molecular formula is C43H47ClN4NaO13S3. The molecule has 0 aliphatic carbocycles. The molecule has 4 heterocycles. The zero-order chi connectivity index (χ0) is 47.0. The van der Waals surface area contributed by atoms with Gasteiger partial charge in [-0.3, -0.25) is 18.7 Å². The van der Waals surface area contributed by atoms with E-state index in [0.717, 1.165) is 5.56 Å². The Balaban J connectivity index is 0.00000793. The van der Waals surface area contributed by atoms with Crippen LogP contribution in [-0.4, -0.2) is 115 Å². The van der Waals surface area contributed by atoms with E-state index >= 15 is 0 Å². The first-order valence-electron chi connectivity index (χ1n) is 20.1. The average Bonchev–Trinajstić information content (AvgIpc) is 3.72. The smallest absolute Gasteiger partial charge is 0.333 e. The van der Waals surface area contributed by atoms with Gasteiger partial charge in [0.25, 0.3) is 32.1 Å². The number of aryl methyl sites for hydroxylation is 2. The van der Waals surface area contributed by atoms with Crippen molar-refractivity contribution in [1.82, 2.24) is 5.06 Å². The number of hydroxylamine groups is 2. The summed E-state index contributed by atoms with van der Waals surface area (Å²) in [6.45, 7) is 7.86. The van der Waals surface area contributed by atoms with Gasteiger partial charge in [0.1, 0.15) is 6.20 Å². The maximum absolute atomic E-state index is 12.7. The molecule has 1 radical (unpaired) electrons. The third kappa shape index (κ3) is 12.5. The van der Waals surface area contributed by atoms with E-state index in [1.54, 1.807) is 29.0 Å². The van der Waals surface area contributed by atoms with Gasteiger partial charge in [0.2, 0.25) is 0 Å². The zero-order valence-electron chi connectivity index (χ0n) is 36.4. The molecule has 3 aromatic rings. The largest absolute Gasteiger partial charge is 0.748 e. The van der Waals surface area contributed by atoms with Crippen LogP contribution in [0.5, 0.6) is 0 Å². The summed E-state index contributed by atoms with van der Waals surface area (Å²) in [4.78, 5) is 48.2. The Labute approximate surface area is 405 Å². The third-order valence-corrected chi connectivity index (χ3v) is 13.9. The SMILES string of the molecule is CC1(C)C(/C=C/C(=C/C=C2\N(CCCS(=O)(=O)O)c3ccc(S(=O)(=O)O)cc3C2(C)C)c2cccc(CCC(=O)ON3C(=O)CCC3=O)c2)=Nc2c1cc(Cl)c[n+]2CCCS(=O)(=O)[O-].[Na]. The van der Waals surface area contributed by atoms with Crippen LogP contribution in [0.1, 0.15) is 82.1 Å². The molecule has 0 saturated carbocycles. The van der Waals surface area contributed by atoms with Crippen LogP contribution in [0.3, 0.4) is 0 Å². The standard InChI is InChI=1S/C43H47ClN4O13S3.Na/c1-42(2)34-25-31(44)27-46(20-6-22-62(52,53)54)41(34)45-36(42)15-11-29(30-9-5-8-28(24-30)10-19-40(51)61-48-38(49)17-18-39(48)50)12-16-37-43(3,4)33-26-32(64(58,59)60)13-14-35(33)47(37)21-7-23-63(55,56)57;/h5,8-9,11-16,24-27H,6-7,10,17-23H2,1-4H3,(H2-,52,53,54,55,56,57,58,59,60);. The number of anilines is 1. The van der Waals surface area contributed by atoms with Crippen molar-refractivity contribution in [1.29, 1.82) is 0 Å². The second-order valence-electron chi connectivity index (χ2n) is 16.6. The first-order valence-corrected chi connectivity index (χ1v) is 25.1. The van der Waals surface area contributed by atoms with Crippen molar-refractivity contribution < 1.29 is 62.7 Å². The molecule has 2 N–H and O–H groups in total. The zero-order valence-corrected chi connectivity index (χ0v) is 41.6. The van der Waals surface area contributed by atoms with Gasteiger partial charge in [-0.25, -0.2) is 17.8 Å². The molecule has 17 nitrogen and oxygen atoms in total. The molecule has 1 aromatic heterocycles. The van der Waals surface area contributed by atoms with Crippen molar-refractivity contribution in [2.75, 3.05) is 23.0 Å². The fraction of sp³-hybridized carbons (Fsp3) is 0.372. The van der Waals surface area contributed by atoms with Crippen molar-refractivity contribution in [3.63, 3.8) is 0 Å². The predicted octanol–water partition coefficient (Wildman–Crippen LogP) is 4.93. The number of fused-ring (bicyclic) bond motifs is 2. The molecule has 22 heteroatoms. The Bertz CT molecular complexity index is 2880. The number of pyridine rings is 1. The topological polar surface area (TPSA) is 249 Å². The molecule has 65 heavy (non-hydrogen) atoms. The summed E-state index contributed by atoms with van der Waals surface area (Å²) >= 11 is 6.52. The van der Waals surface area contributed by atoms with Crippen LogP contribution in [0.25, 0.3) is 5.57 Å². The maximum atomic E-state index is 12.7. The van der Waals surface area contributed by atoms with Crippen LogP contribution >= 0.6 is 11.6 Å². The van der Waals surface area contributed by atoms with Crippen LogP contribution in [0, 0.1) is 0 Å². The van der Waals surface area contributed by atoms with Crippen LogP contribution in [0.4, 0.5) is 11.5 Å². The van der Waals surface area contributed by atoms with Gasteiger partial charge >= 0.3 is 11.8 Å². The van der Waals surface area contributed by atoms with E-state index in [1.165, 1.54) is 18.2 Å². The Hall–Kier alpha value is -4.09. The van der Waals surface area contributed by atoms with Crippen molar-refractivity contribution in [2.24, 2.45) is 4.99 Å². The quantitative estimate of drug-likeness (QED) is 0.0599. The Kier molecular flexibility index (Phi) is 16.0. The van der Waals surface area contributed by atoms with Crippen molar-refractivity contribution in [2.45, 2.75) is 88.5 Å². The molecule has 1 saturated heterocycles. The molecule has 2 amide bonds. The van der Waals surface area contributed by atoms with Gasteiger partial charge in [-0.15, -0.1) is 5.06 Å². The first-order chi connectivity index (χ1) is 29.7. The summed E-state index contributed by atoms with van der Waals surface area (Å²) in [6.07, 6.45) is 8.89. The summed E-state index contributed by atoms with van der Waals surface area (Å²) in [6, 6.07) is 13.2. The second-order valence-corrected chi connectivity index (χ2v) is 21.6. The minimum absolute atomic E-state index is 0. The fourth-order valence-corrected chi connectivity index (χ4v) is 9.62. The number of benzene rings is 2. The van der Waals surface area contributed by atoms with E-state index < -0.39 is 70.5 Å². The fourth-order valence-electron chi connectivity index (χ4n) is 7.91. The summed E-state index contributed by atoms with van der Waals surface area (Å²) < 4.78 is 103. The Morgan fingerprint density at radius 1 is 0.938 bits per heavy atom. The van der Waals surface area contributed by atoms with Gasteiger partial charge in [-0.1, -0.05) is 61.9 Å². The maximum Gasteiger partial charge on any atom is 0.333 e. The number of halogens is 1. The van der Waals surface area contributed by atoms with E-state index in [0.29, 0.717) is 55.3 Å². The number of nitrogens with zero attached hydrogens (tertiary/aromatic N) is 4. The molecule has 1 fully saturated rings. The molecule has 3 aliphatic rings. The molecule has 0 unspecified atom stereocenters. The number of allylic oxidation sites excluding steroid dienone is 6. The molecule has 0 spiro atoms. The van der Waals surface area contributed by atoms with Crippen LogP contribution in [0.2, 0.25) is 5.02 Å². The number of carbonyl (C=O) groups excluding carboxylic acids is 3. The monoisotopic (exact) mass is 981 g/mol. The van der Waals surface area contributed by atoms with E-state index in [-0.39, 0.29) is 86.1 Å². The number of amides is 2. The molecule has 2 aromatic carbocycles. The number of hydrogen-bond donors (Lipinski definition) is 2. The third-order valence-electron chi connectivity index (χ3n) is 11.3. The van der Waals surface area contributed by atoms with E-state index in [2.05, 4.69) is 0 Å². The van der Waals surface area contributed by atoms with Crippen LogP contribution in [0.15, 0.2) is 94.6 Å². The van der Waals surface area contributed by atoms with Gasteiger partial charge < -0.3 is 14.3 Å². The van der Waals surface area contributed by atoms with Crippen molar-refractivity contribution >= 4 is 112 Å². The average molecular weight is 983 g/mol. The van der Waals surface area contributed by atoms with E-state index in [4.69, 9.17) is 21.4 Å². The number of carbonyl (C=O) groups is 3. The summed E-state index contributed by atoms with van der Waals surface area (Å²) in [5, 5.41) is 0.877. The number of hydrogen-bond acceptors (Lipinski definition) is 13. The molecule has 6 rings (SSSR count). The van der Waals surface area contributed by atoms with E-state index in [9.17, 15) is 53.3 Å². The normalized spacial score (nSPS) is 17.7. The van der Waals surface area contributed by atoms with E-state index in [1.807, 2.05) is 69.0 Å². The number of rotatable bonds is 17. The minimum Gasteiger partial charge on any atom is -0.748 e.